The van der Waals surface area contributed by atoms with Crippen LogP contribution in [0.3, 0.4) is 0 Å². The monoisotopic (exact) mass is 501 g/mol. The molecule has 0 amide bonds. The van der Waals surface area contributed by atoms with Gasteiger partial charge in [0.25, 0.3) is 0 Å². The molecule has 0 atom stereocenters. The van der Waals surface area contributed by atoms with Crippen molar-refractivity contribution in [3.63, 3.8) is 0 Å². The number of halogens is 3. The van der Waals surface area contributed by atoms with Crippen molar-refractivity contribution in [1.82, 2.24) is 0 Å². The van der Waals surface area contributed by atoms with Gasteiger partial charge in [-0.2, -0.15) is 0 Å². The smallest absolute Gasteiger partial charge is 0.363 e. The number of carbonyl (C=O) groups is 2. The minimum Gasteiger partial charge on any atom is -0.493 e. The van der Waals surface area contributed by atoms with E-state index in [0.29, 0.717) is 21.2 Å². The first-order valence-corrected chi connectivity index (χ1v) is 10.6. The van der Waals surface area contributed by atoms with Crippen LogP contribution in [0.2, 0.25) is 15.1 Å². The number of aliphatic imine (C=N–C) groups is 1. The van der Waals surface area contributed by atoms with Crippen LogP contribution in [-0.4, -0.2) is 24.9 Å². The third-order valence-electron chi connectivity index (χ3n) is 4.57. The van der Waals surface area contributed by atoms with Crippen molar-refractivity contribution in [1.29, 1.82) is 0 Å². The third kappa shape index (κ3) is 5.03. The maximum atomic E-state index is 12.5. The van der Waals surface area contributed by atoms with Gasteiger partial charge in [-0.3, -0.25) is 0 Å². The number of hydrogen-bond donors (Lipinski definition) is 0. The number of hydrogen-bond acceptors (Lipinski definition) is 6. The van der Waals surface area contributed by atoms with Gasteiger partial charge in [-0.25, -0.2) is 14.6 Å². The molecule has 1 aliphatic heterocycles. The van der Waals surface area contributed by atoms with E-state index in [1.807, 2.05) is 0 Å². The summed E-state index contributed by atoms with van der Waals surface area (Å²) in [6.45, 7) is 0. The Kier molecular flexibility index (Phi) is 6.70. The largest absolute Gasteiger partial charge is 0.493 e. The first-order chi connectivity index (χ1) is 15.9. The molecule has 33 heavy (non-hydrogen) atoms. The van der Waals surface area contributed by atoms with Gasteiger partial charge in [0.1, 0.15) is 0 Å². The van der Waals surface area contributed by atoms with Gasteiger partial charge in [-0.1, -0.05) is 53.0 Å². The predicted molar refractivity (Wildman–Crippen MR) is 126 cm³/mol. The molecule has 3 aromatic rings. The number of methoxy groups -OCH3 is 1. The van der Waals surface area contributed by atoms with Crippen molar-refractivity contribution in [3.8, 4) is 11.5 Å². The second-order valence-corrected chi connectivity index (χ2v) is 7.97. The Morgan fingerprint density at radius 2 is 1.73 bits per heavy atom. The van der Waals surface area contributed by atoms with Crippen LogP contribution in [-0.2, 0) is 9.53 Å². The Labute approximate surface area is 204 Å². The predicted octanol–water partition coefficient (Wildman–Crippen LogP) is 6.22. The summed E-state index contributed by atoms with van der Waals surface area (Å²) < 4.78 is 16.0. The fourth-order valence-electron chi connectivity index (χ4n) is 2.96. The molecule has 0 aliphatic carbocycles. The average molecular weight is 503 g/mol. The molecule has 1 aliphatic rings. The molecule has 0 N–H and O–H groups in total. The van der Waals surface area contributed by atoms with Crippen LogP contribution < -0.4 is 9.47 Å². The molecule has 0 radical (unpaired) electrons. The highest BCUT2D eigenvalue weighted by atomic mass is 35.5. The number of esters is 2. The van der Waals surface area contributed by atoms with E-state index in [9.17, 15) is 9.59 Å². The van der Waals surface area contributed by atoms with Gasteiger partial charge in [-0.15, -0.1) is 0 Å². The maximum absolute atomic E-state index is 12.5. The molecule has 0 bridgehead atoms. The second-order valence-electron chi connectivity index (χ2n) is 6.74. The summed E-state index contributed by atoms with van der Waals surface area (Å²) in [6.07, 6.45) is 1.53. The zero-order chi connectivity index (χ0) is 23.5. The Morgan fingerprint density at radius 1 is 0.939 bits per heavy atom. The van der Waals surface area contributed by atoms with Gasteiger partial charge in [0.15, 0.2) is 17.2 Å². The fourth-order valence-corrected chi connectivity index (χ4v) is 3.47. The molecule has 0 saturated carbocycles. The van der Waals surface area contributed by atoms with Gasteiger partial charge >= 0.3 is 11.9 Å². The van der Waals surface area contributed by atoms with E-state index >= 15 is 0 Å². The van der Waals surface area contributed by atoms with Crippen molar-refractivity contribution < 1.29 is 23.8 Å². The van der Waals surface area contributed by atoms with Gasteiger partial charge in [0, 0.05) is 0 Å². The van der Waals surface area contributed by atoms with Crippen molar-refractivity contribution >= 4 is 58.7 Å². The Bertz CT molecular complexity index is 1330. The summed E-state index contributed by atoms with van der Waals surface area (Å²) >= 11 is 18.0. The summed E-state index contributed by atoms with van der Waals surface area (Å²) in [6, 6.07) is 16.1. The van der Waals surface area contributed by atoms with Crippen LogP contribution in [0.4, 0.5) is 0 Å². The molecule has 3 aromatic carbocycles. The molecule has 6 nitrogen and oxygen atoms in total. The number of nitrogens with zero attached hydrogens (tertiary/aromatic N) is 1. The van der Waals surface area contributed by atoms with E-state index in [4.69, 9.17) is 49.0 Å². The first kappa shape index (κ1) is 22.9. The summed E-state index contributed by atoms with van der Waals surface area (Å²) in [5.74, 6) is -0.661. The van der Waals surface area contributed by atoms with Crippen LogP contribution in [0.5, 0.6) is 11.5 Å². The van der Waals surface area contributed by atoms with Crippen LogP contribution in [0.15, 0.2) is 71.4 Å². The molecular formula is C24H14Cl3NO5. The minimum atomic E-state index is -0.633. The third-order valence-corrected chi connectivity index (χ3v) is 5.64. The van der Waals surface area contributed by atoms with Gasteiger partial charge in [-0.05, 0) is 54.1 Å². The lowest BCUT2D eigenvalue weighted by Gasteiger charge is -2.10. The van der Waals surface area contributed by atoms with Crippen molar-refractivity contribution in [2.24, 2.45) is 4.99 Å². The quantitative estimate of drug-likeness (QED) is 0.235. The molecule has 0 aromatic heterocycles. The van der Waals surface area contributed by atoms with Crippen LogP contribution in [0.1, 0.15) is 21.5 Å². The number of rotatable bonds is 5. The number of carbonyl (C=O) groups excluding carboxylic acids is 2. The number of ether oxygens (including phenoxy) is 3. The lowest BCUT2D eigenvalue weighted by molar-refractivity contribution is -0.129. The molecule has 0 spiro atoms. The number of cyclic esters (lactones) is 1. The SMILES string of the molecule is COc1cc(/C=C2\N=C(c3ccccc3Cl)OC2=O)ccc1OC(=O)c1ccc(Cl)c(Cl)c1. The van der Waals surface area contributed by atoms with E-state index in [1.165, 1.54) is 31.4 Å². The summed E-state index contributed by atoms with van der Waals surface area (Å²) in [4.78, 5) is 29.0. The molecule has 0 fully saturated rings. The van der Waals surface area contributed by atoms with Gasteiger partial charge in [0.05, 0.1) is 33.3 Å². The molecule has 166 valence electrons. The van der Waals surface area contributed by atoms with Gasteiger partial charge < -0.3 is 14.2 Å². The average Bonchev–Trinajstić information content (AvgIpc) is 3.16. The summed E-state index contributed by atoms with van der Waals surface area (Å²) in [5.41, 5.74) is 1.41. The molecule has 9 heteroatoms. The Morgan fingerprint density at radius 3 is 2.45 bits per heavy atom. The summed E-state index contributed by atoms with van der Waals surface area (Å²) in [5, 5.41) is 0.981. The number of benzene rings is 3. The van der Waals surface area contributed by atoms with Crippen molar-refractivity contribution in [3.05, 3.63) is 98.1 Å². The van der Waals surface area contributed by atoms with Crippen LogP contribution in [0.25, 0.3) is 6.08 Å². The van der Waals surface area contributed by atoms with E-state index < -0.39 is 11.9 Å². The fraction of sp³-hybridized carbons (Fsp3) is 0.0417. The topological polar surface area (TPSA) is 74.2 Å². The van der Waals surface area contributed by atoms with E-state index in [2.05, 4.69) is 4.99 Å². The minimum absolute atomic E-state index is 0.0903. The molecule has 0 saturated heterocycles. The highest BCUT2D eigenvalue weighted by Gasteiger charge is 2.25. The highest BCUT2D eigenvalue weighted by molar-refractivity contribution is 6.42. The highest BCUT2D eigenvalue weighted by Crippen LogP contribution is 2.31. The van der Waals surface area contributed by atoms with E-state index in [-0.39, 0.29) is 33.7 Å². The normalized spacial score (nSPS) is 14.1. The standard InChI is InChI=1S/C24H14Cl3NO5/c1-31-21-11-13(6-9-20(21)32-23(29)14-7-8-17(26)18(27)12-14)10-19-24(30)33-22(28-19)15-4-2-3-5-16(15)25/h2-12H,1H3/b19-10-. The zero-order valence-electron chi connectivity index (χ0n) is 17.0. The van der Waals surface area contributed by atoms with Crippen LogP contribution in [0, 0.1) is 0 Å². The molecule has 1 heterocycles. The summed E-state index contributed by atoms with van der Waals surface area (Å²) in [7, 11) is 1.43. The molecule has 0 unspecified atom stereocenters. The first-order valence-electron chi connectivity index (χ1n) is 9.48. The van der Waals surface area contributed by atoms with Crippen LogP contribution >= 0.6 is 34.8 Å². The van der Waals surface area contributed by atoms with Crippen molar-refractivity contribution in [2.45, 2.75) is 0 Å². The van der Waals surface area contributed by atoms with E-state index in [1.54, 1.807) is 42.5 Å². The zero-order valence-corrected chi connectivity index (χ0v) is 19.2. The lowest BCUT2D eigenvalue weighted by atomic mass is 10.1. The van der Waals surface area contributed by atoms with Gasteiger partial charge in [0.2, 0.25) is 5.90 Å². The molecular weight excluding hydrogens is 489 g/mol. The maximum Gasteiger partial charge on any atom is 0.363 e. The van der Waals surface area contributed by atoms with Crippen molar-refractivity contribution in [2.75, 3.05) is 7.11 Å². The Balaban J connectivity index is 1.58. The second kappa shape index (κ2) is 9.67. The van der Waals surface area contributed by atoms with E-state index in [0.717, 1.165) is 0 Å². The molecule has 4 rings (SSSR count). The lowest BCUT2D eigenvalue weighted by Crippen LogP contribution is -2.09. The Hall–Kier alpha value is -3.32.